The van der Waals surface area contributed by atoms with Crippen molar-refractivity contribution in [3.05, 3.63) is 72.8 Å². The number of aliphatic hydroxyl groups excluding tert-OH is 1. The highest BCUT2D eigenvalue weighted by atomic mass is 16.6. The van der Waals surface area contributed by atoms with Gasteiger partial charge in [0, 0.05) is 0 Å². The second-order valence-corrected chi connectivity index (χ2v) is 8.04. The fraction of sp³-hybridized carbons (Fsp3) is 0.240. The van der Waals surface area contributed by atoms with E-state index in [1.54, 1.807) is 0 Å². The molecule has 156 valence electrons. The molecule has 2 aliphatic heterocycles. The molecule has 0 bridgehead atoms. The normalized spacial score (nSPS) is 25.1. The molecule has 6 nitrogen and oxygen atoms in total. The Morgan fingerprint density at radius 1 is 0.806 bits per heavy atom. The number of aliphatic hydroxyl groups is 1. The minimum absolute atomic E-state index is 0.262. The van der Waals surface area contributed by atoms with Gasteiger partial charge in [0.25, 0.3) is 6.01 Å². The third kappa shape index (κ3) is 3.39. The lowest BCUT2D eigenvalue weighted by atomic mass is 10.0. The van der Waals surface area contributed by atoms with Crippen LogP contribution in [-0.4, -0.2) is 52.7 Å². The number of aromatic amines is 1. The number of hydrogen-bond acceptors (Lipinski definition) is 5. The van der Waals surface area contributed by atoms with Crippen LogP contribution in [0.15, 0.2) is 72.8 Å². The number of hydrogen-bond donors (Lipinski definition) is 2. The first-order valence-electron chi connectivity index (χ1n) is 10.5. The van der Waals surface area contributed by atoms with Gasteiger partial charge in [0.1, 0.15) is 18.3 Å². The minimum Gasteiger partial charge on any atom is -0.456 e. The van der Waals surface area contributed by atoms with Gasteiger partial charge in [-0.15, -0.1) is 0 Å². The van der Waals surface area contributed by atoms with Crippen LogP contribution in [0.3, 0.4) is 0 Å². The summed E-state index contributed by atoms with van der Waals surface area (Å²) in [4.78, 5) is 7.83. The van der Waals surface area contributed by atoms with Crippen LogP contribution in [-0.2, 0) is 9.47 Å². The van der Waals surface area contributed by atoms with Crippen molar-refractivity contribution < 1.29 is 19.3 Å². The zero-order valence-corrected chi connectivity index (χ0v) is 16.8. The van der Waals surface area contributed by atoms with Crippen molar-refractivity contribution in [1.82, 2.24) is 9.97 Å². The third-order valence-corrected chi connectivity index (χ3v) is 6.03. The van der Waals surface area contributed by atoms with E-state index in [0.29, 0.717) is 12.6 Å². The first-order chi connectivity index (χ1) is 15.2. The van der Waals surface area contributed by atoms with Crippen LogP contribution in [0, 0.1) is 0 Å². The van der Waals surface area contributed by atoms with Crippen LogP contribution in [0.25, 0.3) is 33.3 Å². The fourth-order valence-corrected chi connectivity index (χ4v) is 4.39. The van der Waals surface area contributed by atoms with Gasteiger partial charge in [-0.2, -0.15) is 4.98 Å². The van der Waals surface area contributed by atoms with E-state index in [9.17, 15) is 5.11 Å². The van der Waals surface area contributed by atoms with E-state index in [-0.39, 0.29) is 24.9 Å². The lowest BCUT2D eigenvalue weighted by Gasteiger charge is -2.15. The molecular weight excluding hydrogens is 392 g/mol. The molecule has 2 aliphatic rings. The molecule has 31 heavy (non-hydrogen) atoms. The van der Waals surface area contributed by atoms with E-state index < -0.39 is 6.10 Å². The molecular formula is C25H22N2O4. The SMILES string of the molecule is O[C@@H]1CO[C@H]2[C@@H]1OC[C@H]2Oc1nc2cc(-c3ccc(-c4ccccc4)cc3)ccc2[nH]1. The smallest absolute Gasteiger partial charge is 0.295 e. The summed E-state index contributed by atoms with van der Waals surface area (Å²) in [7, 11) is 0. The van der Waals surface area contributed by atoms with Crippen LogP contribution in [0.2, 0.25) is 0 Å². The summed E-state index contributed by atoms with van der Waals surface area (Å²) < 4.78 is 17.3. The van der Waals surface area contributed by atoms with Crippen LogP contribution in [0.5, 0.6) is 6.01 Å². The lowest BCUT2D eigenvalue weighted by Crippen LogP contribution is -2.34. The molecule has 2 N–H and O–H groups in total. The number of imidazole rings is 1. The highest BCUT2D eigenvalue weighted by Crippen LogP contribution is 2.31. The Hall–Kier alpha value is -3.19. The van der Waals surface area contributed by atoms with Gasteiger partial charge in [-0.05, 0) is 34.4 Å². The van der Waals surface area contributed by atoms with E-state index in [1.807, 2.05) is 24.3 Å². The molecule has 0 radical (unpaired) electrons. The molecule has 3 heterocycles. The molecule has 3 aromatic carbocycles. The zero-order chi connectivity index (χ0) is 20.8. The average molecular weight is 414 g/mol. The van der Waals surface area contributed by atoms with Crippen LogP contribution < -0.4 is 4.74 Å². The third-order valence-electron chi connectivity index (χ3n) is 6.03. The molecule has 2 saturated heterocycles. The van der Waals surface area contributed by atoms with Gasteiger partial charge in [-0.3, -0.25) is 0 Å². The maximum absolute atomic E-state index is 9.89. The quantitative estimate of drug-likeness (QED) is 0.531. The topological polar surface area (TPSA) is 76.6 Å². The van der Waals surface area contributed by atoms with E-state index >= 15 is 0 Å². The molecule has 4 atom stereocenters. The number of nitrogens with one attached hydrogen (secondary N) is 1. The first-order valence-corrected chi connectivity index (χ1v) is 10.5. The van der Waals surface area contributed by atoms with Crippen LogP contribution in [0.4, 0.5) is 0 Å². The Morgan fingerprint density at radius 2 is 1.48 bits per heavy atom. The van der Waals surface area contributed by atoms with Gasteiger partial charge < -0.3 is 24.3 Å². The van der Waals surface area contributed by atoms with E-state index in [4.69, 9.17) is 14.2 Å². The van der Waals surface area contributed by atoms with Crippen molar-refractivity contribution in [3.8, 4) is 28.3 Å². The largest absolute Gasteiger partial charge is 0.456 e. The molecule has 0 unspecified atom stereocenters. The summed E-state index contributed by atoms with van der Waals surface area (Å²) in [5.41, 5.74) is 6.36. The fourth-order valence-electron chi connectivity index (χ4n) is 4.39. The molecule has 4 aromatic rings. The Balaban J connectivity index is 1.23. The number of nitrogens with zero attached hydrogens (tertiary/aromatic N) is 1. The van der Waals surface area contributed by atoms with Gasteiger partial charge in [-0.25, -0.2) is 0 Å². The van der Waals surface area contributed by atoms with E-state index in [1.165, 1.54) is 11.1 Å². The summed E-state index contributed by atoms with van der Waals surface area (Å²) >= 11 is 0. The second-order valence-electron chi connectivity index (χ2n) is 8.04. The predicted molar refractivity (Wildman–Crippen MR) is 117 cm³/mol. The van der Waals surface area contributed by atoms with Gasteiger partial charge >= 0.3 is 0 Å². The highest BCUT2D eigenvalue weighted by molar-refractivity contribution is 5.83. The number of H-pyrrole nitrogens is 1. The molecule has 6 rings (SSSR count). The summed E-state index contributed by atoms with van der Waals surface area (Å²) in [6, 6.07) is 25.5. The highest BCUT2D eigenvalue weighted by Gasteiger charge is 2.48. The Morgan fingerprint density at radius 3 is 2.29 bits per heavy atom. The lowest BCUT2D eigenvalue weighted by molar-refractivity contribution is 0.00706. The van der Waals surface area contributed by atoms with Crippen LogP contribution in [0.1, 0.15) is 0 Å². The van der Waals surface area contributed by atoms with Crippen molar-refractivity contribution in [3.63, 3.8) is 0 Å². The molecule has 0 aliphatic carbocycles. The maximum atomic E-state index is 9.89. The first kappa shape index (κ1) is 18.6. The average Bonchev–Trinajstić information content (AvgIpc) is 3.51. The number of rotatable bonds is 4. The van der Waals surface area contributed by atoms with Gasteiger partial charge in [0.15, 0.2) is 6.10 Å². The number of aromatic nitrogens is 2. The molecule has 0 spiro atoms. The summed E-state index contributed by atoms with van der Waals surface area (Å²) in [6.45, 7) is 0.657. The van der Waals surface area contributed by atoms with Gasteiger partial charge in [0.05, 0.1) is 24.2 Å². The maximum Gasteiger partial charge on any atom is 0.295 e. The number of fused-ring (bicyclic) bond motifs is 2. The second kappa shape index (κ2) is 7.50. The number of ether oxygens (including phenoxy) is 3. The molecule has 0 amide bonds. The van der Waals surface area contributed by atoms with Gasteiger partial charge in [0.2, 0.25) is 0 Å². The minimum atomic E-state index is -0.592. The van der Waals surface area contributed by atoms with Crippen molar-refractivity contribution in [2.45, 2.75) is 24.4 Å². The van der Waals surface area contributed by atoms with Crippen molar-refractivity contribution in [1.29, 1.82) is 0 Å². The standard InChI is InChI=1S/C25H22N2O4/c28-21-13-29-24-22(14-30-23(21)24)31-25-26-19-11-10-18(12-20(19)27-25)17-8-6-16(7-9-17)15-4-2-1-3-5-15/h1-12,21-24,28H,13-14H2,(H,26,27)/t21-,22-,23-,24-/m1/s1. The van der Waals surface area contributed by atoms with Crippen molar-refractivity contribution >= 4 is 11.0 Å². The molecule has 6 heteroatoms. The Bertz CT molecular complexity index is 1210. The summed E-state index contributed by atoms with van der Waals surface area (Å²) in [5, 5.41) is 9.89. The van der Waals surface area contributed by atoms with Crippen molar-refractivity contribution in [2.24, 2.45) is 0 Å². The van der Waals surface area contributed by atoms with Crippen molar-refractivity contribution in [2.75, 3.05) is 13.2 Å². The van der Waals surface area contributed by atoms with E-state index in [0.717, 1.165) is 22.2 Å². The molecule has 1 aromatic heterocycles. The molecule has 2 fully saturated rings. The Kier molecular flexibility index (Phi) is 4.49. The summed E-state index contributed by atoms with van der Waals surface area (Å²) in [6.07, 6.45) is -1.46. The monoisotopic (exact) mass is 414 g/mol. The predicted octanol–water partition coefficient (Wildman–Crippen LogP) is 3.80. The number of benzene rings is 3. The summed E-state index contributed by atoms with van der Waals surface area (Å²) in [5.74, 6) is 0. The zero-order valence-electron chi connectivity index (χ0n) is 16.8. The van der Waals surface area contributed by atoms with E-state index in [2.05, 4.69) is 58.5 Å². The molecule has 0 saturated carbocycles. The van der Waals surface area contributed by atoms with Gasteiger partial charge in [-0.1, -0.05) is 60.7 Å². The van der Waals surface area contributed by atoms with Crippen LogP contribution >= 0.6 is 0 Å². The Labute approximate surface area is 179 Å².